The van der Waals surface area contributed by atoms with Crippen LogP contribution in [0.15, 0.2) is 24.3 Å². The van der Waals surface area contributed by atoms with Gasteiger partial charge in [-0.25, -0.2) is 0 Å². The number of carbonyl (C=O) groups excluding carboxylic acids is 1. The molecule has 0 saturated carbocycles. The lowest BCUT2D eigenvalue weighted by Crippen LogP contribution is -2.32. The predicted molar refractivity (Wildman–Crippen MR) is 130 cm³/mol. The van der Waals surface area contributed by atoms with Gasteiger partial charge in [0.1, 0.15) is 5.75 Å². The maximum Gasteiger partial charge on any atom is 0.317 e. The Balaban J connectivity index is 2.50. The van der Waals surface area contributed by atoms with Gasteiger partial charge in [-0.1, -0.05) is 121 Å². The zero-order valence-corrected chi connectivity index (χ0v) is 20.4. The Labute approximate surface area is 187 Å². The van der Waals surface area contributed by atoms with Crippen LogP contribution in [0.2, 0.25) is 0 Å². The van der Waals surface area contributed by atoms with Crippen molar-refractivity contribution in [2.45, 2.75) is 130 Å². The van der Waals surface area contributed by atoms with Gasteiger partial charge in [-0.3, -0.25) is 4.79 Å². The summed E-state index contributed by atoms with van der Waals surface area (Å²) in [5.41, 5.74) is 0.821. The second kappa shape index (κ2) is 16.4. The molecule has 0 radical (unpaired) electrons. The molecule has 0 aliphatic carbocycles. The van der Waals surface area contributed by atoms with Gasteiger partial charge in [0, 0.05) is 0 Å². The van der Waals surface area contributed by atoms with E-state index in [0.29, 0.717) is 5.75 Å². The van der Waals surface area contributed by atoms with E-state index in [2.05, 4.69) is 27.7 Å². The first-order chi connectivity index (χ1) is 14.5. The van der Waals surface area contributed by atoms with Gasteiger partial charge >= 0.3 is 5.97 Å². The lowest BCUT2D eigenvalue weighted by molar-refractivity contribution is -0.146. The maximum atomic E-state index is 13.1. The lowest BCUT2D eigenvalue weighted by atomic mass is 9.79. The van der Waals surface area contributed by atoms with Gasteiger partial charge in [0.05, 0.1) is 5.41 Å². The Kier molecular flexibility index (Phi) is 14.6. The summed E-state index contributed by atoms with van der Waals surface area (Å²) < 4.78 is 5.81. The molecule has 0 heterocycles. The molecule has 1 rings (SSSR count). The topological polar surface area (TPSA) is 26.3 Å². The van der Waals surface area contributed by atoms with E-state index in [1.54, 1.807) is 0 Å². The molecule has 1 aromatic carbocycles. The Bertz CT molecular complexity index is 548. The van der Waals surface area contributed by atoms with Crippen LogP contribution in [0.4, 0.5) is 0 Å². The molecule has 0 amide bonds. The third-order valence-electron chi connectivity index (χ3n) is 6.39. The van der Waals surface area contributed by atoms with Gasteiger partial charge in [-0.2, -0.15) is 0 Å². The number of aryl methyl sites for hydroxylation is 1. The lowest BCUT2D eigenvalue weighted by Gasteiger charge is -2.27. The first-order valence-electron chi connectivity index (χ1n) is 12.8. The fourth-order valence-corrected chi connectivity index (χ4v) is 4.11. The highest BCUT2D eigenvalue weighted by molar-refractivity contribution is 5.78. The molecule has 0 fully saturated rings. The summed E-state index contributed by atoms with van der Waals surface area (Å²) in [6, 6.07) is 7.84. The minimum Gasteiger partial charge on any atom is -0.426 e. The Morgan fingerprint density at radius 2 is 1.10 bits per heavy atom. The molecule has 0 spiro atoms. The molecule has 2 nitrogen and oxygen atoms in total. The molecule has 1 atom stereocenters. The summed E-state index contributed by atoms with van der Waals surface area (Å²) in [6.07, 6.45) is 19.8. The van der Waals surface area contributed by atoms with Crippen molar-refractivity contribution in [2.24, 2.45) is 5.41 Å². The predicted octanol–water partition coefficient (Wildman–Crippen LogP) is 9.19. The van der Waals surface area contributed by atoms with Gasteiger partial charge in [0.2, 0.25) is 0 Å². The van der Waals surface area contributed by atoms with Crippen LogP contribution in [0.25, 0.3) is 0 Å². The number of hydrogen-bond acceptors (Lipinski definition) is 2. The van der Waals surface area contributed by atoms with E-state index in [0.717, 1.165) is 25.7 Å². The third kappa shape index (κ3) is 11.8. The molecule has 0 aliphatic heterocycles. The fraction of sp³-hybridized carbons (Fsp3) is 0.750. The monoisotopic (exact) mass is 416 g/mol. The van der Waals surface area contributed by atoms with Crippen molar-refractivity contribution >= 4 is 5.97 Å². The number of benzene rings is 1. The minimum atomic E-state index is -0.363. The average molecular weight is 417 g/mol. The van der Waals surface area contributed by atoms with E-state index in [-0.39, 0.29) is 11.4 Å². The molecule has 1 aromatic rings. The fourth-order valence-electron chi connectivity index (χ4n) is 4.11. The highest BCUT2D eigenvalue weighted by Gasteiger charge is 2.34. The summed E-state index contributed by atoms with van der Waals surface area (Å²) in [5.74, 6) is 0.638. The van der Waals surface area contributed by atoms with Crippen molar-refractivity contribution in [1.82, 2.24) is 0 Å². The van der Waals surface area contributed by atoms with Crippen LogP contribution in [-0.2, 0) is 4.79 Å². The van der Waals surface area contributed by atoms with Crippen molar-refractivity contribution in [3.8, 4) is 5.75 Å². The quantitative estimate of drug-likeness (QED) is 0.135. The molecule has 30 heavy (non-hydrogen) atoms. The van der Waals surface area contributed by atoms with E-state index in [4.69, 9.17) is 4.74 Å². The van der Waals surface area contributed by atoms with Crippen LogP contribution in [0, 0.1) is 12.3 Å². The maximum absolute atomic E-state index is 13.1. The van der Waals surface area contributed by atoms with E-state index in [1.807, 2.05) is 24.3 Å². The van der Waals surface area contributed by atoms with E-state index < -0.39 is 0 Å². The van der Waals surface area contributed by atoms with Gasteiger partial charge in [0.25, 0.3) is 0 Å². The SMILES string of the molecule is CCCCCCCCCCC(C)(CCCCCCCC)C(=O)Oc1ccc(C)cc1. The first-order valence-corrected chi connectivity index (χ1v) is 12.8. The molecule has 0 aromatic heterocycles. The normalized spacial score (nSPS) is 13.2. The molecule has 0 bridgehead atoms. The van der Waals surface area contributed by atoms with Gasteiger partial charge in [-0.15, -0.1) is 0 Å². The summed E-state index contributed by atoms with van der Waals surface area (Å²) in [7, 11) is 0. The number of hydrogen-bond donors (Lipinski definition) is 0. The molecule has 172 valence electrons. The summed E-state index contributed by atoms with van der Waals surface area (Å²) in [5, 5.41) is 0. The van der Waals surface area contributed by atoms with E-state index in [9.17, 15) is 4.79 Å². The smallest absolute Gasteiger partial charge is 0.317 e. The Morgan fingerprint density at radius 3 is 1.53 bits per heavy atom. The molecule has 0 aliphatic rings. The molecule has 0 saturated heterocycles. The van der Waals surface area contributed by atoms with Gasteiger partial charge in [-0.05, 0) is 38.8 Å². The number of esters is 1. The number of ether oxygens (including phenoxy) is 1. The summed E-state index contributed by atoms with van der Waals surface area (Å²) in [6.45, 7) is 8.70. The standard InChI is InChI=1S/C28H48O2/c1-5-7-9-11-13-14-16-18-24-28(4,23-17-15-12-10-8-6-2)27(29)30-26-21-19-25(3)20-22-26/h19-22H,5-18,23-24H2,1-4H3. The van der Waals surface area contributed by atoms with Crippen molar-refractivity contribution in [3.63, 3.8) is 0 Å². The number of unbranched alkanes of at least 4 members (excludes halogenated alkanes) is 12. The molecular weight excluding hydrogens is 368 g/mol. The largest absolute Gasteiger partial charge is 0.426 e. The van der Waals surface area contributed by atoms with Gasteiger partial charge < -0.3 is 4.74 Å². The summed E-state index contributed by atoms with van der Waals surface area (Å²) >= 11 is 0. The minimum absolute atomic E-state index is 0.0390. The average Bonchev–Trinajstić information content (AvgIpc) is 2.74. The van der Waals surface area contributed by atoms with Gasteiger partial charge in [0.15, 0.2) is 0 Å². The van der Waals surface area contributed by atoms with E-state index >= 15 is 0 Å². The van der Waals surface area contributed by atoms with Crippen molar-refractivity contribution in [1.29, 1.82) is 0 Å². The molecule has 2 heteroatoms. The highest BCUT2D eigenvalue weighted by Crippen LogP contribution is 2.34. The highest BCUT2D eigenvalue weighted by atomic mass is 16.5. The van der Waals surface area contributed by atoms with Crippen LogP contribution in [0.1, 0.15) is 129 Å². The van der Waals surface area contributed by atoms with E-state index in [1.165, 1.54) is 82.6 Å². The van der Waals surface area contributed by atoms with Crippen molar-refractivity contribution in [2.75, 3.05) is 0 Å². The van der Waals surface area contributed by atoms with Crippen LogP contribution in [0.5, 0.6) is 5.75 Å². The number of carbonyl (C=O) groups is 1. The Morgan fingerprint density at radius 1 is 0.700 bits per heavy atom. The zero-order chi connectivity index (χ0) is 22.1. The number of rotatable bonds is 18. The second-order valence-electron chi connectivity index (χ2n) is 9.51. The second-order valence-corrected chi connectivity index (χ2v) is 9.51. The first kappa shape index (κ1) is 26.7. The summed E-state index contributed by atoms with van der Waals surface area (Å²) in [4.78, 5) is 13.1. The van der Waals surface area contributed by atoms with Crippen LogP contribution in [-0.4, -0.2) is 5.97 Å². The molecular formula is C28H48O2. The van der Waals surface area contributed by atoms with Crippen LogP contribution in [0.3, 0.4) is 0 Å². The molecule has 0 N–H and O–H groups in total. The zero-order valence-electron chi connectivity index (χ0n) is 20.4. The Hall–Kier alpha value is -1.31. The van der Waals surface area contributed by atoms with Crippen molar-refractivity contribution < 1.29 is 9.53 Å². The van der Waals surface area contributed by atoms with Crippen molar-refractivity contribution in [3.05, 3.63) is 29.8 Å². The molecule has 1 unspecified atom stereocenters. The van der Waals surface area contributed by atoms with Crippen LogP contribution < -0.4 is 4.74 Å². The van der Waals surface area contributed by atoms with Crippen LogP contribution >= 0.6 is 0 Å². The third-order valence-corrected chi connectivity index (χ3v) is 6.39.